The monoisotopic (exact) mass is 204 g/mol. The third-order valence-corrected chi connectivity index (χ3v) is 1.63. The molecule has 0 spiro atoms. The number of rotatable bonds is 7. The molecular formula is C8H16N2O4. The zero-order valence-corrected chi connectivity index (χ0v) is 8.16. The topological polar surface area (TPSA) is 102 Å². The summed E-state index contributed by atoms with van der Waals surface area (Å²) >= 11 is 0. The molecule has 0 saturated carbocycles. The lowest BCUT2D eigenvalue weighted by Gasteiger charge is -2.07. The fourth-order valence-electron chi connectivity index (χ4n) is 0.774. The molecule has 0 aromatic heterocycles. The number of carboxylic acids is 1. The summed E-state index contributed by atoms with van der Waals surface area (Å²) in [6, 6.07) is -0.919. The zero-order chi connectivity index (χ0) is 11.0. The minimum Gasteiger partial charge on any atom is -0.480 e. The Morgan fingerprint density at radius 2 is 2.21 bits per heavy atom. The van der Waals surface area contributed by atoms with Crippen LogP contribution in [0.2, 0.25) is 0 Å². The second kappa shape index (κ2) is 7.28. The second-order valence-electron chi connectivity index (χ2n) is 2.83. The Labute approximate surface area is 82.4 Å². The molecule has 4 N–H and O–H groups in total. The van der Waals surface area contributed by atoms with E-state index >= 15 is 0 Å². The number of methoxy groups -OCH3 is 1. The standard InChI is InChI=1S/C8H16N2O4/c1-14-5-3-7(11)10-4-2-6(9)8(12)13/h6H,2-5,9H2,1H3,(H,10,11)(H,12,13). The van der Waals surface area contributed by atoms with Crippen molar-refractivity contribution < 1.29 is 19.4 Å². The fraction of sp³-hybridized carbons (Fsp3) is 0.750. The smallest absolute Gasteiger partial charge is 0.320 e. The van der Waals surface area contributed by atoms with Gasteiger partial charge in [-0.2, -0.15) is 0 Å². The molecule has 0 aromatic carbocycles. The van der Waals surface area contributed by atoms with E-state index in [4.69, 9.17) is 15.6 Å². The van der Waals surface area contributed by atoms with Crippen molar-refractivity contribution >= 4 is 11.9 Å². The summed E-state index contributed by atoms with van der Waals surface area (Å²) in [6.45, 7) is 0.632. The van der Waals surface area contributed by atoms with E-state index in [0.29, 0.717) is 6.61 Å². The van der Waals surface area contributed by atoms with E-state index in [0.717, 1.165) is 0 Å². The molecule has 0 bridgehead atoms. The van der Waals surface area contributed by atoms with E-state index in [1.165, 1.54) is 7.11 Å². The van der Waals surface area contributed by atoms with Crippen LogP contribution in [0.4, 0.5) is 0 Å². The van der Waals surface area contributed by atoms with Crippen LogP contribution in [0.1, 0.15) is 12.8 Å². The Kier molecular flexibility index (Phi) is 6.69. The first kappa shape index (κ1) is 12.9. The molecule has 0 aliphatic carbocycles. The lowest BCUT2D eigenvalue weighted by Crippen LogP contribution is -2.35. The summed E-state index contributed by atoms with van der Waals surface area (Å²) in [4.78, 5) is 21.3. The molecule has 0 aromatic rings. The number of carboxylic acid groups (broad SMARTS) is 1. The summed E-state index contributed by atoms with van der Waals surface area (Å²) in [7, 11) is 1.51. The molecule has 0 rings (SSSR count). The molecule has 1 amide bonds. The Morgan fingerprint density at radius 3 is 2.71 bits per heavy atom. The molecule has 6 nitrogen and oxygen atoms in total. The molecule has 0 radical (unpaired) electrons. The van der Waals surface area contributed by atoms with Crippen molar-refractivity contribution in [2.24, 2.45) is 5.73 Å². The van der Waals surface area contributed by atoms with E-state index in [1.807, 2.05) is 0 Å². The quantitative estimate of drug-likeness (QED) is 0.490. The van der Waals surface area contributed by atoms with E-state index < -0.39 is 12.0 Å². The maximum absolute atomic E-state index is 11.0. The van der Waals surface area contributed by atoms with Crippen molar-refractivity contribution in [2.75, 3.05) is 20.3 Å². The van der Waals surface area contributed by atoms with Crippen LogP contribution in [0.5, 0.6) is 0 Å². The number of carbonyl (C=O) groups is 2. The average Bonchev–Trinajstić information content (AvgIpc) is 2.14. The first-order valence-electron chi connectivity index (χ1n) is 4.32. The van der Waals surface area contributed by atoms with Gasteiger partial charge in [-0.3, -0.25) is 9.59 Å². The maximum atomic E-state index is 11.0. The van der Waals surface area contributed by atoms with Crippen molar-refractivity contribution in [1.82, 2.24) is 5.32 Å². The highest BCUT2D eigenvalue weighted by atomic mass is 16.5. The normalized spacial score (nSPS) is 12.1. The van der Waals surface area contributed by atoms with Crippen LogP contribution in [-0.2, 0) is 14.3 Å². The van der Waals surface area contributed by atoms with Crippen LogP contribution in [0, 0.1) is 0 Å². The van der Waals surface area contributed by atoms with Crippen molar-refractivity contribution in [3.8, 4) is 0 Å². The highest BCUT2D eigenvalue weighted by Gasteiger charge is 2.10. The molecule has 0 saturated heterocycles. The van der Waals surface area contributed by atoms with Gasteiger partial charge in [0, 0.05) is 20.1 Å². The largest absolute Gasteiger partial charge is 0.480 e. The van der Waals surface area contributed by atoms with Crippen molar-refractivity contribution in [3.05, 3.63) is 0 Å². The summed E-state index contributed by atoms with van der Waals surface area (Å²) in [6.07, 6.45) is 0.507. The van der Waals surface area contributed by atoms with Crippen LogP contribution < -0.4 is 11.1 Å². The Balaban J connectivity index is 3.44. The number of aliphatic carboxylic acids is 1. The third-order valence-electron chi connectivity index (χ3n) is 1.63. The number of amides is 1. The summed E-state index contributed by atoms with van der Waals surface area (Å²) in [5.41, 5.74) is 5.23. The van der Waals surface area contributed by atoms with Crippen molar-refractivity contribution in [3.63, 3.8) is 0 Å². The lowest BCUT2D eigenvalue weighted by molar-refractivity contribution is -0.138. The van der Waals surface area contributed by atoms with Crippen LogP contribution >= 0.6 is 0 Å². The highest BCUT2D eigenvalue weighted by Crippen LogP contribution is 1.87. The zero-order valence-electron chi connectivity index (χ0n) is 8.16. The van der Waals surface area contributed by atoms with E-state index in [9.17, 15) is 9.59 Å². The molecule has 14 heavy (non-hydrogen) atoms. The Hall–Kier alpha value is -1.14. The number of ether oxygens (including phenoxy) is 1. The number of nitrogens with two attached hydrogens (primary N) is 1. The van der Waals surface area contributed by atoms with Crippen LogP contribution in [0.15, 0.2) is 0 Å². The summed E-state index contributed by atoms with van der Waals surface area (Å²) in [5, 5.41) is 11.0. The van der Waals surface area contributed by atoms with E-state index in [1.54, 1.807) is 0 Å². The second-order valence-corrected chi connectivity index (χ2v) is 2.83. The molecule has 0 aliphatic rings. The van der Waals surface area contributed by atoms with Gasteiger partial charge in [-0.1, -0.05) is 0 Å². The molecule has 0 aliphatic heterocycles. The van der Waals surface area contributed by atoms with Gasteiger partial charge in [-0.25, -0.2) is 0 Å². The van der Waals surface area contributed by atoms with Gasteiger partial charge in [0.05, 0.1) is 6.61 Å². The molecule has 82 valence electrons. The first-order chi connectivity index (χ1) is 6.57. The van der Waals surface area contributed by atoms with Gasteiger partial charge in [0.1, 0.15) is 6.04 Å². The molecule has 1 atom stereocenters. The minimum absolute atomic E-state index is 0.163. The number of carbonyl (C=O) groups excluding carboxylic acids is 1. The predicted octanol–water partition coefficient (Wildman–Crippen LogP) is -1.06. The summed E-state index contributed by atoms with van der Waals surface area (Å²) < 4.78 is 4.70. The maximum Gasteiger partial charge on any atom is 0.320 e. The van der Waals surface area contributed by atoms with Crippen molar-refractivity contribution in [1.29, 1.82) is 0 Å². The number of nitrogens with one attached hydrogen (secondary N) is 1. The average molecular weight is 204 g/mol. The third kappa shape index (κ3) is 6.38. The van der Waals surface area contributed by atoms with Crippen LogP contribution in [0.25, 0.3) is 0 Å². The Morgan fingerprint density at radius 1 is 1.57 bits per heavy atom. The van der Waals surface area contributed by atoms with Gasteiger partial charge in [0.25, 0.3) is 0 Å². The van der Waals surface area contributed by atoms with Crippen LogP contribution in [0.3, 0.4) is 0 Å². The minimum atomic E-state index is -1.06. The lowest BCUT2D eigenvalue weighted by atomic mass is 10.2. The van der Waals surface area contributed by atoms with Gasteiger partial charge in [-0.05, 0) is 6.42 Å². The number of hydrogen-bond acceptors (Lipinski definition) is 4. The SMILES string of the molecule is COCCC(=O)NCCC(N)C(=O)O. The highest BCUT2D eigenvalue weighted by molar-refractivity contribution is 5.76. The fourth-order valence-corrected chi connectivity index (χ4v) is 0.774. The molecule has 0 fully saturated rings. The molecule has 0 heterocycles. The van der Waals surface area contributed by atoms with Crippen molar-refractivity contribution in [2.45, 2.75) is 18.9 Å². The first-order valence-corrected chi connectivity index (χ1v) is 4.32. The van der Waals surface area contributed by atoms with E-state index in [-0.39, 0.29) is 25.3 Å². The molecule has 6 heteroatoms. The van der Waals surface area contributed by atoms with Gasteiger partial charge >= 0.3 is 5.97 Å². The number of hydrogen-bond donors (Lipinski definition) is 3. The molecular weight excluding hydrogens is 188 g/mol. The van der Waals surface area contributed by atoms with E-state index in [2.05, 4.69) is 5.32 Å². The van der Waals surface area contributed by atoms with Gasteiger partial charge in [0.2, 0.25) is 5.91 Å². The van der Waals surface area contributed by atoms with Gasteiger partial charge in [-0.15, -0.1) is 0 Å². The molecule has 1 unspecified atom stereocenters. The summed E-state index contributed by atoms with van der Waals surface area (Å²) in [5.74, 6) is -1.22. The van der Waals surface area contributed by atoms with Crippen LogP contribution in [-0.4, -0.2) is 43.3 Å². The predicted molar refractivity (Wildman–Crippen MR) is 49.7 cm³/mol. The van der Waals surface area contributed by atoms with Gasteiger partial charge < -0.3 is 20.9 Å². The Bertz CT molecular complexity index is 196. The van der Waals surface area contributed by atoms with Gasteiger partial charge in [0.15, 0.2) is 0 Å².